The maximum absolute atomic E-state index is 13.0. The summed E-state index contributed by atoms with van der Waals surface area (Å²) >= 11 is 0. The molecule has 126 valence electrons. The number of alkyl halides is 3. The van der Waals surface area contributed by atoms with Gasteiger partial charge in [0.25, 0.3) is 0 Å². The summed E-state index contributed by atoms with van der Waals surface area (Å²) < 4.78 is 54.6. The lowest BCUT2D eigenvalue weighted by Gasteiger charge is -2.31. The fourth-order valence-electron chi connectivity index (χ4n) is 3.10. The van der Waals surface area contributed by atoms with Gasteiger partial charge in [-0.1, -0.05) is 18.9 Å². The zero-order valence-electron chi connectivity index (χ0n) is 12.4. The Hall–Kier alpha value is -1.92. The molecule has 1 fully saturated rings. The topological polar surface area (TPSA) is 44.8 Å². The third-order valence-electron chi connectivity index (χ3n) is 4.31. The van der Waals surface area contributed by atoms with Crippen molar-refractivity contribution in [2.24, 2.45) is 11.8 Å². The molecule has 2 atom stereocenters. The van der Waals surface area contributed by atoms with Crippen LogP contribution in [0.4, 0.5) is 13.2 Å². The van der Waals surface area contributed by atoms with Gasteiger partial charge in [0.2, 0.25) is 6.79 Å². The number of carbonyl (C=O) groups is 1. The Morgan fingerprint density at radius 1 is 1.17 bits per heavy atom. The zero-order valence-corrected chi connectivity index (χ0v) is 12.4. The van der Waals surface area contributed by atoms with Crippen molar-refractivity contribution in [3.8, 4) is 11.5 Å². The second-order valence-corrected chi connectivity index (χ2v) is 5.83. The Morgan fingerprint density at radius 2 is 1.91 bits per heavy atom. The molecule has 3 rings (SSSR count). The second kappa shape index (κ2) is 6.29. The lowest BCUT2D eigenvalue weighted by molar-refractivity contribution is -0.205. The van der Waals surface area contributed by atoms with Crippen LogP contribution in [0, 0.1) is 11.8 Å². The Balaban J connectivity index is 1.62. The minimum atomic E-state index is -4.36. The number of ether oxygens (including phenoxy) is 3. The van der Waals surface area contributed by atoms with Crippen molar-refractivity contribution in [1.82, 2.24) is 0 Å². The van der Waals surface area contributed by atoms with E-state index in [0.29, 0.717) is 29.9 Å². The maximum atomic E-state index is 13.0. The highest BCUT2D eigenvalue weighted by atomic mass is 19.4. The lowest BCUT2D eigenvalue weighted by Crippen LogP contribution is -2.38. The molecule has 1 aromatic carbocycles. The maximum Gasteiger partial charge on any atom is 0.392 e. The van der Waals surface area contributed by atoms with Gasteiger partial charge in [-0.05, 0) is 30.5 Å². The molecule has 4 nitrogen and oxygen atoms in total. The Kier molecular flexibility index (Phi) is 4.37. The molecule has 1 saturated carbocycles. The van der Waals surface area contributed by atoms with Gasteiger partial charge < -0.3 is 14.2 Å². The summed E-state index contributed by atoms with van der Waals surface area (Å²) in [5.41, 5.74) is 0.655. The molecule has 23 heavy (non-hydrogen) atoms. The highest BCUT2D eigenvalue weighted by Crippen LogP contribution is 2.42. The van der Waals surface area contributed by atoms with Crippen molar-refractivity contribution >= 4 is 5.97 Å². The molecule has 1 aromatic rings. The van der Waals surface area contributed by atoms with Crippen molar-refractivity contribution < 1.29 is 32.2 Å². The number of hydrogen-bond acceptors (Lipinski definition) is 4. The van der Waals surface area contributed by atoms with E-state index in [1.54, 1.807) is 18.2 Å². The molecule has 1 heterocycles. The van der Waals surface area contributed by atoms with Gasteiger partial charge in [0, 0.05) is 0 Å². The molecule has 0 bridgehead atoms. The van der Waals surface area contributed by atoms with E-state index in [1.165, 1.54) is 0 Å². The van der Waals surface area contributed by atoms with Gasteiger partial charge in [0.05, 0.1) is 11.8 Å². The molecule has 0 radical (unpaired) electrons. The summed E-state index contributed by atoms with van der Waals surface area (Å²) in [6, 6.07) is 5.05. The number of rotatable bonds is 3. The van der Waals surface area contributed by atoms with Gasteiger partial charge in [-0.25, -0.2) is 0 Å². The van der Waals surface area contributed by atoms with Gasteiger partial charge in [0.15, 0.2) is 11.5 Å². The van der Waals surface area contributed by atoms with Gasteiger partial charge in [-0.3, -0.25) is 4.79 Å². The minimum Gasteiger partial charge on any atom is -0.461 e. The van der Waals surface area contributed by atoms with Crippen molar-refractivity contribution in [2.75, 3.05) is 6.79 Å². The largest absolute Gasteiger partial charge is 0.461 e. The van der Waals surface area contributed by atoms with Gasteiger partial charge in [-0.2, -0.15) is 13.2 Å². The van der Waals surface area contributed by atoms with Crippen molar-refractivity contribution in [3.63, 3.8) is 0 Å². The number of fused-ring (bicyclic) bond motifs is 1. The molecule has 0 aromatic heterocycles. The first-order valence-corrected chi connectivity index (χ1v) is 7.57. The number of halogens is 3. The monoisotopic (exact) mass is 330 g/mol. The van der Waals surface area contributed by atoms with Crippen LogP contribution in [-0.4, -0.2) is 18.9 Å². The summed E-state index contributed by atoms with van der Waals surface area (Å²) in [4.78, 5) is 12.1. The highest BCUT2D eigenvalue weighted by molar-refractivity contribution is 5.73. The van der Waals surface area contributed by atoms with E-state index in [2.05, 4.69) is 0 Å². The van der Waals surface area contributed by atoms with Crippen LogP contribution in [-0.2, 0) is 16.1 Å². The molecule has 1 aliphatic heterocycles. The lowest BCUT2D eigenvalue weighted by atomic mass is 9.79. The highest BCUT2D eigenvalue weighted by Gasteiger charge is 2.48. The molecular formula is C16H17F3O4. The number of esters is 1. The van der Waals surface area contributed by atoms with E-state index in [4.69, 9.17) is 14.2 Å². The predicted octanol–water partition coefficient (Wildman–Crippen LogP) is 3.83. The van der Waals surface area contributed by atoms with E-state index < -0.39 is 24.0 Å². The summed E-state index contributed by atoms with van der Waals surface area (Å²) in [7, 11) is 0. The first-order chi connectivity index (χ1) is 10.9. The van der Waals surface area contributed by atoms with Crippen LogP contribution >= 0.6 is 0 Å². The quantitative estimate of drug-likeness (QED) is 0.790. The third kappa shape index (κ3) is 3.54. The molecule has 2 unspecified atom stereocenters. The van der Waals surface area contributed by atoms with Crippen molar-refractivity contribution in [2.45, 2.75) is 38.5 Å². The molecule has 0 N–H and O–H groups in total. The molecule has 0 saturated heterocycles. The molecule has 7 heteroatoms. The second-order valence-electron chi connectivity index (χ2n) is 5.83. The van der Waals surface area contributed by atoms with Gasteiger partial charge in [-0.15, -0.1) is 0 Å². The Morgan fingerprint density at radius 3 is 2.70 bits per heavy atom. The molecule has 0 spiro atoms. The van der Waals surface area contributed by atoms with Gasteiger partial charge in [0.1, 0.15) is 6.61 Å². The van der Waals surface area contributed by atoms with Crippen LogP contribution in [0.2, 0.25) is 0 Å². The van der Waals surface area contributed by atoms with E-state index in [9.17, 15) is 18.0 Å². The van der Waals surface area contributed by atoms with Crippen molar-refractivity contribution in [3.05, 3.63) is 23.8 Å². The minimum absolute atomic E-state index is 0.00666. The van der Waals surface area contributed by atoms with Gasteiger partial charge >= 0.3 is 12.1 Å². The van der Waals surface area contributed by atoms with E-state index in [-0.39, 0.29) is 26.2 Å². The number of hydrogen-bond donors (Lipinski definition) is 0. The van der Waals surface area contributed by atoms with E-state index in [1.807, 2.05) is 0 Å². The van der Waals surface area contributed by atoms with E-state index >= 15 is 0 Å². The molecule has 2 aliphatic rings. The van der Waals surface area contributed by atoms with Crippen LogP contribution in [0.1, 0.15) is 31.2 Å². The summed E-state index contributed by atoms with van der Waals surface area (Å²) in [6.45, 7) is 0.0600. The van der Waals surface area contributed by atoms with Crippen LogP contribution in [0.25, 0.3) is 0 Å². The smallest absolute Gasteiger partial charge is 0.392 e. The van der Waals surface area contributed by atoms with E-state index in [0.717, 1.165) is 0 Å². The molecular weight excluding hydrogens is 313 g/mol. The zero-order chi connectivity index (χ0) is 16.4. The van der Waals surface area contributed by atoms with Crippen molar-refractivity contribution in [1.29, 1.82) is 0 Å². The fraction of sp³-hybridized carbons (Fsp3) is 0.562. The SMILES string of the molecule is O=C(OCc1ccc2c(c1)OCO2)C1CCCCC1C(F)(F)F. The molecule has 1 aliphatic carbocycles. The van der Waals surface area contributed by atoms with Crippen LogP contribution in [0.3, 0.4) is 0 Å². The number of benzene rings is 1. The predicted molar refractivity (Wildman–Crippen MR) is 73.9 cm³/mol. The molecule has 0 amide bonds. The Bertz CT molecular complexity index is 585. The number of carbonyl (C=O) groups excluding carboxylic acids is 1. The summed E-state index contributed by atoms with van der Waals surface area (Å²) in [5.74, 6) is -2.32. The average molecular weight is 330 g/mol. The summed E-state index contributed by atoms with van der Waals surface area (Å²) in [6.07, 6.45) is -3.02. The normalized spacial score (nSPS) is 23.6. The third-order valence-corrected chi connectivity index (χ3v) is 4.31. The van der Waals surface area contributed by atoms with Crippen LogP contribution in [0.5, 0.6) is 11.5 Å². The average Bonchev–Trinajstić information content (AvgIpc) is 2.99. The fourth-order valence-corrected chi connectivity index (χ4v) is 3.10. The Labute approximate surface area is 131 Å². The van der Waals surface area contributed by atoms with Crippen LogP contribution in [0.15, 0.2) is 18.2 Å². The summed E-state index contributed by atoms with van der Waals surface area (Å²) in [5, 5.41) is 0. The first kappa shape index (κ1) is 16.0. The first-order valence-electron chi connectivity index (χ1n) is 7.57. The van der Waals surface area contributed by atoms with Crippen LogP contribution < -0.4 is 9.47 Å². The standard InChI is InChI=1S/C16H17F3O4/c17-16(18,19)12-4-2-1-3-11(12)15(20)21-8-10-5-6-13-14(7-10)23-9-22-13/h5-7,11-12H,1-4,8-9H2.